The molecule has 0 aliphatic rings. The number of aromatic nitrogens is 2. The Hall–Kier alpha value is -0.780. The Bertz CT molecular complexity index is 580. The van der Waals surface area contributed by atoms with Crippen LogP contribution in [0.5, 0.6) is 0 Å². The second-order valence-corrected chi connectivity index (χ2v) is 6.52. The Morgan fingerprint density at radius 3 is 2.68 bits per heavy atom. The van der Waals surface area contributed by atoms with Crippen LogP contribution in [0.25, 0.3) is 0 Å². The molecule has 1 aromatic carbocycles. The van der Waals surface area contributed by atoms with Crippen molar-refractivity contribution in [2.24, 2.45) is 7.05 Å². The van der Waals surface area contributed by atoms with E-state index in [1.165, 1.54) is 10.5 Å². The van der Waals surface area contributed by atoms with Gasteiger partial charge in [-0.1, -0.05) is 27.7 Å². The molecular formula is C14H18BrN3S. The van der Waals surface area contributed by atoms with Gasteiger partial charge in [-0.15, -0.1) is 0 Å². The number of aryl methyl sites for hydroxylation is 2. The molecule has 1 atom stereocenters. The Balaban J connectivity index is 2.36. The molecule has 0 fully saturated rings. The van der Waals surface area contributed by atoms with Crippen molar-refractivity contribution in [1.29, 1.82) is 0 Å². The molecule has 0 amide bonds. The van der Waals surface area contributed by atoms with E-state index in [2.05, 4.69) is 57.5 Å². The van der Waals surface area contributed by atoms with Crippen LogP contribution in [0.3, 0.4) is 0 Å². The van der Waals surface area contributed by atoms with Crippen LogP contribution in [0, 0.1) is 6.92 Å². The van der Waals surface area contributed by atoms with Crippen LogP contribution >= 0.6 is 27.7 Å². The quantitative estimate of drug-likeness (QED) is 0.915. The summed E-state index contributed by atoms with van der Waals surface area (Å²) in [5.41, 5.74) is 2.34. The van der Waals surface area contributed by atoms with Crippen molar-refractivity contribution in [1.82, 2.24) is 15.1 Å². The second kappa shape index (κ2) is 6.11. The maximum absolute atomic E-state index is 4.39. The molecule has 2 rings (SSSR count). The van der Waals surface area contributed by atoms with Crippen LogP contribution in [0.1, 0.15) is 24.2 Å². The SMILES string of the molecule is CNC(C)c1cc(Br)ccc1Sc1cc(C)nn1C. The van der Waals surface area contributed by atoms with Crippen LogP contribution < -0.4 is 5.32 Å². The van der Waals surface area contributed by atoms with Gasteiger partial charge in [-0.2, -0.15) is 5.10 Å². The molecule has 0 bridgehead atoms. The first-order chi connectivity index (χ1) is 9.01. The Labute approximate surface area is 126 Å². The molecule has 0 spiro atoms. The molecular weight excluding hydrogens is 322 g/mol. The molecule has 3 nitrogen and oxygen atoms in total. The zero-order chi connectivity index (χ0) is 14.0. The molecule has 0 radical (unpaired) electrons. The van der Waals surface area contributed by atoms with Crippen molar-refractivity contribution in [2.45, 2.75) is 29.8 Å². The second-order valence-electron chi connectivity index (χ2n) is 4.54. The first kappa shape index (κ1) is 14.6. The summed E-state index contributed by atoms with van der Waals surface area (Å²) in [6.45, 7) is 4.18. The summed E-state index contributed by atoms with van der Waals surface area (Å²) in [5.74, 6) is 0. The van der Waals surface area contributed by atoms with Gasteiger partial charge in [0.05, 0.1) is 10.7 Å². The van der Waals surface area contributed by atoms with Gasteiger partial charge < -0.3 is 5.32 Å². The van der Waals surface area contributed by atoms with E-state index in [9.17, 15) is 0 Å². The number of benzene rings is 1. The van der Waals surface area contributed by atoms with E-state index in [4.69, 9.17) is 0 Å². The summed E-state index contributed by atoms with van der Waals surface area (Å²) >= 11 is 5.30. The zero-order valence-corrected chi connectivity index (χ0v) is 14.0. The van der Waals surface area contributed by atoms with E-state index in [0.29, 0.717) is 6.04 Å². The average molecular weight is 340 g/mol. The van der Waals surface area contributed by atoms with Gasteiger partial charge in [0.25, 0.3) is 0 Å². The predicted molar refractivity (Wildman–Crippen MR) is 83.7 cm³/mol. The number of hydrogen-bond acceptors (Lipinski definition) is 3. The fraction of sp³-hybridized carbons (Fsp3) is 0.357. The van der Waals surface area contributed by atoms with Crippen LogP contribution in [-0.2, 0) is 7.05 Å². The molecule has 1 N–H and O–H groups in total. The number of nitrogens with zero attached hydrogens (tertiary/aromatic N) is 2. The topological polar surface area (TPSA) is 29.9 Å². The fourth-order valence-electron chi connectivity index (χ4n) is 1.90. The lowest BCUT2D eigenvalue weighted by Gasteiger charge is -2.16. The smallest absolute Gasteiger partial charge is 0.0987 e. The van der Waals surface area contributed by atoms with Crippen LogP contribution in [0.4, 0.5) is 0 Å². The first-order valence-electron chi connectivity index (χ1n) is 6.16. The van der Waals surface area contributed by atoms with Gasteiger partial charge in [0.1, 0.15) is 0 Å². The van der Waals surface area contributed by atoms with Crippen LogP contribution in [0.2, 0.25) is 0 Å². The highest BCUT2D eigenvalue weighted by Gasteiger charge is 2.12. The number of halogens is 1. The van der Waals surface area contributed by atoms with Crippen molar-refractivity contribution in [2.75, 3.05) is 7.05 Å². The minimum Gasteiger partial charge on any atom is -0.313 e. The first-order valence-corrected chi connectivity index (χ1v) is 7.77. The lowest BCUT2D eigenvalue weighted by molar-refractivity contribution is 0.640. The molecule has 1 unspecified atom stereocenters. The molecule has 2 aromatic rings. The normalized spacial score (nSPS) is 12.7. The maximum Gasteiger partial charge on any atom is 0.0987 e. The van der Waals surface area contributed by atoms with E-state index >= 15 is 0 Å². The average Bonchev–Trinajstić information content (AvgIpc) is 2.69. The van der Waals surface area contributed by atoms with Crippen molar-refractivity contribution in [3.63, 3.8) is 0 Å². The fourth-order valence-corrected chi connectivity index (χ4v) is 3.40. The summed E-state index contributed by atoms with van der Waals surface area (Å²) in [6, 6.07) is 8.83. The maximum atomic E-state index is 4.39. The van der Waals surface area contributed by atoms with E-state index in [1.807, 2.05) is 25.7 Å². The highest BCUT2D eigenvalue weighted by molar-refractivity contribution is 9.10. The van der Waals surface area contributed by atoms with Gasteiger partial charge in [0.2, 0.25) is 0 Å². The third-order valence-corrected chi connectivity index (χ3v) is 4.72. The van der Waals surface area contributed by atoms with E-state index in [0.717, 1.165) is 15.2 Å². The van der Waals surface area contributed by atoms with Gasteiger partial charge in [-0.05, 0) is 50.7 Å². The highest BCUT2D eigenvalue weighted by atomic mass is 79.9. The standard InChI is InChI=1S/C14H18BrN3S/c1-9-7-14(18(4)17-9)19-13-6-5-11(15)8-12(13)10(2)16-3/h5-8,10,16H,1-4H3. The molecule has 5 heteroatoms. The molecule has 0 aliphatic carbocycles. The molecule has 0 aliphatic heterocycles. The largest absolute Gasteiger partial charge is 0.313 e. The van der Waals surface area contributed by atoms with Crippen LogP contribution in [0.15, 0.2) is 38.7 Å². The van der Waals surface area contributed by atoms with Gasteiger partial charge in [0, 0.05) is 22.5 Å². The molecule has 1 heterocycles. The summed E-state index contributed by atoms with van der Waals surface area (Å²) in [5, 5.41) is 8.85. The Morgan fingerprint density at radius 2 is 2.11 bits per heavy atom. The Kier molecular flexibility index (Phi) is 4.71. The third kappa shape index (κ3) is 3.41. The summed E-state index contributed by atoms with van der Waals surface area (Å²) in [4.78, 5) is 1.26. The monoisotopic (exact) mass is 339 g/mol. The molecule has 102 valence electrons. The molecule has 0 saturated heterocycles. The third-order valence-electron chi connectivity index (χ3n) is 3.04. The van der Waals surface area contributed by atoms with Gasteiger partial charge in [0.15, 0.2) is 0 Å². The minimum absolute atomic E-state index is 0.314. The van der Waals surface area contributed by atoms with Crippen LogP contribution in [-0.4, -0.2) is 16.8 Å². The van der Waals surface area contributed by atoms with Gasteiger partial charge in [-0.3, -0.25) is 4.68 Å². The summed E-state index contributed by atoms with van der Waals surface area (Å²) < 4.78 is 3.03. The molecule has 19 heavy (non-hydrogen) atoms. The number of nitrogens with one attached hydrogen (secondary N) is 1. The van der Waals surface area contributed by atoms with Crippen molar-refractivity contribution >= 4 is 27.7 Å². The van der Waals surface area contributed by atoms with E-state index < -0.39 is 0 Å². The van der Waals surface area contributed by atoms with Gasteiger partial charge >= 0.3 is 0 Å². The van der Waals surface area contributed by atoms with E-state index in [-0.39, 0.29) is 0 Å². The van der Waals surface area contributed by atoms with Crippen molar-refractivity contribution in [3.8, 4) is 0 Å². The summed E-state index contributed by atoms with van der Waals surface area (Å²) in [6.07, 6.45) is 0. The zero-order valence-electron chi connectivity index (χ0n) is 11.6. The minimum atomic E-state index is 0.314. The van der Waals surface area contributed by atoms with Crippen molar-refractivity contribution in [3.05, 3.63) is 40.0 Å². The number of rotatable bonds is 4. The van der Waals surface area contributed by atoms with E-state index in [1.54, 1.807) is 11.8 Å². The summed E-state index contributed by atoms with van der Waals surface area (Å²) in [7, 11) is 3.96. The Morgan fingerprint density at radius 1 is 1.37 bits per heavy atom. The number of hydrogen-bond donors (Lipinski definition) is 1. The van der Waals surface area contributed by atoms with Crippen molar-refractivity contribution < 1.29 is 0 Å². The molecule has 0 saturated carbocycles. The highest BCUT2D eigenvalue weighted by Crippen LogP contribution is 2.34. The lowest BCUT2D eigenvalue weighted by Crippen LogP contribution is -2.13. The molecule has 1 aromatic heterocycles. The predicted octanol–water partition coefficient (Wildman–Crippen LogP) is 3.92. The van der Waals surface area contributed by atoms with Gasteiger partial charge in [-0.25, -0.2) is 0 Å². The lowest BCUT2D eigenvalue weighted by atomic mass is 10.1.